The molecule has 1 heterocycles. The van der Waals surface area contributed by atoms with Gasteiger partial charge in [0.1, 0.15) is 12.3 Å². The lowest BCUT2D eigenvalue weighted by Gasteiger charge is -2.32. The van der Waals surface area contributed by atoms with E-state index in [-0.39, 0.29) is 24.4 Å². The summed E-state index contributed by atoms with van der Waals surface area (Å²) in [6.45, 7) is 12.4. The van der Waals surface area contributed by atoms with Gasteiger partial charge < -0.3 is 19.1 Å². The van der Waals surface area contributed by atoms with Crippen LogP contribution in [-0.4, -0.2) is 52.4 Å². The number of rotatable bonds is 14. The fraction of sp³-hybridized carbons (Fsp3) is 0.455. The van der Waals surface area contributed by atoms with Crippen molar-refractivity contribution < 1.29 is 14.3 Å². The molecule has 1 aromatic heterocycles. The van der Waals surface area contributed by atoms with Crippen molar-refractivity contribution in [2.45, 2.75) is 73.0 Å². The Kier molecular flexibility index (Phi) is 11.2. The van der Waals surface area contributed by atoms with Gasteiger partial charge in [0.15, 0.2) is 0 Å². The average molecular weight is 532 g/mol. The van der Waals surface area contributed by atoms with Gasteiger partial charge in [-0.15, -0.1) is 0 Å². The second-order valence-electron chi connectivity index (χ2n) is 10.7. The summed E-state index contributed by atoms with van der Waals surface area (Å²) in [5, 5.41) is 0. The molecule has 6 nitrogen and oxygen atoms in total. The third-order valence-electron chi connectivity index (χ3n) is 7.39. The zero-order valence-corrected chi connectivity index (χ0v) is 24.5. The van der Waals surface area contributed by atoms with Gasteiger partial charge in [0.2, 0.25) is 5.91 Å². The average Bonchev–Trinajstić information content (AvgIpc) is 3.39. The zero-order chi connectivity index (χ0) is 28.4. The second-order valence-corrected chi connectivity index (χ2v) is 10.7. The molecule has 2 aromatic carbocycles. The van der Waals surface area contributed by atoms with Gasteiger partial charge in [-0.1, -0.05) is 52.0 Å². The summed E-state index contributed by atoms with van der Waals surface area (Å²) in [4.78, 5) is 31.0. The van der Waals surface area contributed by atoms with Gasteiger partial charge in [0.25, 0.3) is 5.91 Å². The molecule has 0 unspecified atom stereocenters. The monoisotopic (exact) mass is 531 g/mol. The first kappa shape index (κ1) is 30.0. The minimum atomic E-state index is -0.0860. The Hall–Kier alpha value is -3.54. The highest BCUT2D eigenvalue weighted by molar-refractivity contribution is 5.96. The van der Waals surface area contributed by atoms with Crippen molar-refractivity contribution >= 4 is 11.8 Å². The number of carbonyl (C=O) groups excluding carboxylic acids is 2. The molecule has 0 radical (unpaired) electrons. The van der Waals surface area contributed by atoms with E-state index in [2.05, 4.69) is 51.3 Å². The van der Waals surface area contributed by atoms with E-state index in [1.165, 1.54) is 5.56 Å². The summed E-state index contributed by atoms with van der Waals surface area (Å²) in [5.74, 6) is 1.15. The highest BCUT2D eigenvalue weighted by atomic mass is 16.5. The van der Waals surface area contributed by atoms with Crippen molar-refractivity contribution in [1.82, 2.24) is 14.4 Å². The highest BCUT2D eigenvalue weighted by Crippen LogP contribution is 2.18. The Morgan fingerprint density at radius 1 is 0.949 bits per heavy atom. The number of aryl methyl sites for hydroxylation is 1. The topological polar surface area (TPSA) is 54.8 Å². The number of carbonyl (C=O) groups is 2. The summed E-state index contributed by atoms with van der Waals surface area (Å²) < 4.78 is 7.56. The van der Waals surface area contributed by atoms with E-state index in [1.807, 2.05) is 59.6 Å². The number of methoxy groups -OCH3 is 1. The van der Waals surface area contributed by atoms with Crippen LogP contribution in [0.3, 0.4) is 0 Å². The Labute approximate surface area is 234 Å². The number of amides is 2. The molecule has 3 aromatic rings. The molecule has 2 amide bonds. The van der Waals surface area contributed by atoms with Crippen LogP contribution in [-0.2, 0) is 24.3 Å². The smallest absolute Gasteiger partial charge is 0.254 e. The number of benzene rings is 2. The highest BCUT2D eigenvalue weighted by Gasteiger charge is 2.26. The van der Waals surface area contributed by atoms with Crippen LogP contribution in [0.2, 0.25) is 0 Å². The largest absolute Gasteiger partial charge is 0.497 e. The maximum Gasteiger partial charge on any atom is 0.254 e. The molecule has 0 fully saturated rings. The van der Waals surface area contributed by atoms with Crippen LogP contribution in [0, 0.1) is 5.92 Å². The molecule has 1 atom stereocenters. The van der Waals surface area contributed by atoms with Crippen LogP contribution in [0.1, 0.15) is 74.6 Å². The van der Waals surface area contributed by atoms with Crippen LogP contribution < -0.4 is 4.74 Å². The van der Waals surface area contributed by atoms with Crippen LogP contribution >= 0.6 is 0 Å². The van der Waals surface area contributed by atoms with E-state index >= 15 is 0 Å². The number of aromatic nitrogens is 1. The molecule has 0 N–H and O–H groups in total. The van der Waals surface area contributed by atoms with Crippen molar-refractivity contribution in [3.63, 3.8) is 0 Å². The van der Waals surface area contributed by atoms with E-state index in [0.29, 0.717) is 31.1 Å². The summed E-state index contributed by atoms with van der Waals surface area (Å²) in [6, 6.07) is 19.9. The lowest BCUT2D eigenvalue weighted by molar-refractivity contribution is -0.134. The quantitative estimate of drug-likeness (QED) is 0.241. The molecule has 0 saturated carbocycles. The number of hydrogen-bond acceptors (Lipinski definition) is 3. The molecule has 0 saturated heterocycles. The first-order valence-corrected chi connectivity index (χ1v) is 14.2. The zero-order valence-electron chi connectivity index (χ0n) is 24.5. The summed E-state index contributed by atoms with van der Waals surface area (Å²) >= 11 is 0. The fourth-order valence-electron chi connectivity index (χ4n) is 4.59. The molecule has 0 aliphatic carbocycles. The van der Waals surface area contributed by atoms with E-state index in [0.717, 1.165) is 36.3 Å². The predicted molar refractivity (Wildman–Crippen MR) is 158 cm³/mol. The molecule has 3 rings (SSSR count). The predicted octanol–water partition coefficient (Wildman–Crippen LogP) is 6.42. The maximum absolute atomic E-state index is 13.8. The van der Waals surface area contributed by atoms with Gasteiger partial charge in [0.05, 0.1) is 13.7 Å². The molecule has 0 aliphatic heterocycles. The van der Waals surface area contributed by atoms with E-state index in [1.54, 1.807) is 12.0 Å². The van der Waals surface area contributed by atoms with Gasteiger partial charge in [-0.05, 0) is 79.6 Å². The SMILES string of the molecule is CCc1ccc(C(=O)N(CCC(C)C)CC(=O)N(Cc2cccn2Cc2cccc(OC)c2)[C@H](C)CC)cc1. The third-order valence-corrected chi connectivity index (χ3v) is 7.39. The van der Waals surface area contributed by atoms with Crippen LogP contribution in [0.15, 0.2) is 66.9 Å². The summed E-state index contributed by atoms with van der Waals surface area (Å²) in [7, 11) is 1.67. The summed E-state index contributed by atoms with van der Waals surface area (Å²) in [5.41, 5.74) is 4.01. The Balaban J connectivity index is 1.80. The molecular weight excluding hydrogens is 486 g/mol. The van der Waals surface area contributed by atoms with E-state index in [9.17, 15) is 9.59 Å². The van der Waals surface area contributed by atoms with Crippen molar-refractivity contribution in [1.29, 1.82) is 0 Å². The fourth-order valence-corrected chi connectivity index (χ4v) is 4.59. The molecule has 0 spiro atoms. The molecule has 6 heteroatoms. The van der Waals surface area contributed by atoms with Gasteiger partial charge in [-0.2, -0.15) is 0 Å². The van der Waals surface area contributed by atoms with E-state index in [4.69, 9.17) is 4.74 Å². The van der Waals surface area contributed by atoms with Crippen molar-refractivity contribution in [2.75, 3.05) is 20.2 Å². The van der Waals surface area contributed by atoms with Crippen molar-refractivity contribution in [2.24, 2.45) is 5.92 Å². The standard InChI is InChI=1S/C33H45N3O3/c1-7-26(5)36(23-30-12-10-19-34(30)22-28-11-9-13-31(21-28)39-6)32(37)24-35(20-18-25(3)4)33(38)29-16-14-27(8-2)15-17-29/h9-17,19,21,25-26H,7-8,18,20,22-24H2,1-6H3/t26-/m1/s1. The van der Waals surface area contributed by atoms with Crippen molar-refractivity contribution in [3.05, 3.63) is 89.2 Å². The maximum atomic E-state index is 13.8. The van der Waals surface area contributed by atoms with Crippen LogP contribution in [0.4, 0.5) is 0 Å². The first-order chi connectivity index (χ1) is 18.7. The number of ether oxygens (including phenoxy) is 1. The lowest BCUT2D eigenvalue weighted by atomic mass is 10.1. The Morgan fingerprint density at radius 3 is 2.33 bits per heavy atom. The van der Waals surface area contributed by atoms with Gasteiger partial charge >= 0.3 is 0 Å². The Morgan fingerprint density at radius 2 is 1.69 bits per heavy atom. The van der Waals surface area contributed by atoms with E-state index < -0.39 is 0 Å². The molecule has 0 aliphatic rings. The molecule has 0 bridgehead atoms. The first-order valence-electron chi connectivity index (χ1n) is 14.2. The Bertz CT molecular complexity index is 1200. The minimum Gasteiger partial charge on any atom is -0.497 e. The normalized spacial score (nSPS) is 11.9. The second kappa shape index (κ2) is 14.6. The van der Waals surface area contributed by atoms with Gasteiger partial charge in [0, 0.05) is 36.6 Å². The van der Waals surface area contributed by atoms with Gasteiger partial charge in [-0.25, -0.2) is 0 Å². The lowest BCUT2D eigenvalue weighted by Crippen LogP contribution is -2.46. The van der Waals surface area contributed by atoms with Crippen LogP contribution in [0.25, 0.3) is 0 Å². The third kappa shape index (κ3) is 8.47. The molecule has 39 heavy (non-hydrogen) atoms. The van der Waals surface area contributed by atoms with Gasteiger partial charge in [-0.3, -0.25) is 9.59 Å². The minimum absolute atomic E-state index is 0.0271. The number of nitrogens with zero attached hydrogens (tertiary/aromatic N) is 3. The van der Waals surface area contributed by atoms with Crippen LogP contribution in [0.5, 0.6) is 5.75 Å². The molecular formula is C33H45N3O3. The number of hydrogen-bond donors (Lipinski definition) is 0. The summed E-state index contributed by atoms with van der Waals surface area (Å²) in [6.07, 6.45) is 4.65. The van der Waals surface area contributed by atoms with Crippen molar-refractivity contribution in [3.8, 4) is 5.75 Å². The molecule has 210 valence electrons.